The van der Waals surface area contributed by atoms with E-state index < -0.39 is 18.0 Å². The molecule has 2 rings (SSSR count). The van der Waals surface area contributed by atoms with Crippen molar-refractivity contribution in [3.63, 3.8) is 0 Å². The van der Waals surface area contributed by atoms with Gasteiger partial charge in [0.15, 0.2) is 0 Å². The topological polar surface area (TPSA) is 40.6 Å². The fourth-order valence-electron chi connectivity index (χ4n) is 2.77. The number of hydrogen-bond donors (Lipinski definition) is 0. The lowest BCUT2D eigenvalue weighted by atomic mass is 9.90. The molecule has 23 heavy (non-hydrogen) atoms. The van der Waals surface area contributed by atoms with Crippen LogP contribution in [0.2, 0.25) is 0 Å². The predicted molar refractivity (Wildman–Crippen MR) is 81.2 cm³/mol. The molecule has 0 radical (unpaired) electrons. The van der Waals surface area contributed by atoms with Gasteiger partial charge in [-0.05, 0) is 18.1 Å². The summed E-state index contributed by atoms with van der Waals surface area (Å²) in [5, 5.41) is 0. The third-order valence-corrected chi connectivity index (χ3v) is 4.38. The highest BCUT2D eigenvalue weighted by atomic mass is 19.4. The van der Waals surface area contributed by atoms with Crippen LogP contribution in [0.15, 0.2) is 24.3 Å². The van der Waals surface area contributed by atoms with Crippen molar-refractivity contribution in [2.75, 3.05) is 23.4 Å². The van der Waals surface area contributed by atoms with Gasteiger partial charge in [-0.2, -0.15) is 13.2 Å². The molecule has 0 fully saturated rings. The Hall–Kier alpha value is -2.05. The van der Waals surface area contributed by atoms with E-state index in [9.17, 15) is 22.8 Å². The number of hydrogen-bond acceptors (Lipinski definition) is 2. The number of benzene rings is 1. The molecule has 0 spiro atoms. The van der Waals surface area contributed by atoms with Crippen LogP contribution in [-0.2, 0) is 9.59 Å². The van der Waals surface area contributed by atoms with E-state index in [0.29, 0.717) is 17.0 Å². The molecule has 1 aliphatic heterocycles. The van der Waals surface area contributed by atoms with Gasteiger partial charge in [0.05, 0.1) is 17.3 Å². The van der Waals surface area contributed by atoms with Crippen LogP contribution in [0, 0.1) is 11.8 Å². The lowest BCUT2D eigenvalue weighted by Crippen LogP contribution is -2.46. The Balaban J connectivity index is 2.56. The quantitative estimate of drug-likeness (QED) is 0.836. The number of para-hydroxylation sites is 2. The SMILES string of the molecule is CCC(C)[C@H]1CN(C(=O)C(F)(F)F)c2ccccc2N(C)C1=O. The molecular weight excluding hydrogens is 309 g/mol. The molecule has 2 amide bonds. The lowest BCUT2D eigenvalue weighted by Gasteiger charge is -2.27. The number of fused-ring (bicyclic) bond motifs is 1. The number of alkyl halides is 3. The van der Waals surface area contributed by atoms with E-state index in [1.807, 2.05) is 13.8 Å². The number of anilines is 2. The molecule has 1 unspecified atom stereocenters. The Morgan fingerprint density at radius 3 is 2.39 bits per heavy atom. The zero-order chi connectivity index (χ0) is 17.4. The van der Waals surface area contributed by atoms with Gasteiger partial charge in [-0.3, -0.25) is 9.59 Å². The summed E-state index contributed by atoms with van der Waals surface area (Å²) in [6.07, 6.45) is -4.35. The molecule has 0 saturated carbocycles. The second kappa shape index (κ2) is 6.22. The number of carbonyl (C=O) groups excluding carboxylic acids is 2. The van der Waals surface area contributed by atoms with Crippen LogP contribution >= 0.6 is 0 Å². The summed E-state index contributed by atoms with van der Waals surface area (Å²) in [5.41, 5.74) is 0.414. The largest absolute Gasteiger partial charge is 0.471 e. The Morgan fingerprint density at radius 1 is 1.30 bits per heavy atom. The van der Waals surface area contributed by atoms with Crippen molar-refractivity contribution >= 4 is 23.2 Å². The van der Waals surface area contributed by atoms with Crippen LogP contribution in [0.25, 0.3) is 0 Å². The van der Waals surface area contributed by atoms with Crippen molar-refractivity contribution in [3.8, 4) is 0 Å². The molecule has 126 valence electrons. The number of halogens is 3. The van der Waals surface area contributed by atoms with Crippen molar-refractivity contribution in [1.82, 2.24) is 0 Å². The third kappa shape index (κ3) is 3.18. The van der Waals surface area contributed by atoms with Gasteiger partial charge < -0.3 is 9.80 Å². The molecule has 1 heterocycles. The second-order valence-corrected chi connectivity index (χ2v) is 5.79. The van der Waals surface area contributed by atoms with Gasteiger partial charge in [0, 0.05) is 13.6 Å². The Bertz CT molecular complexity index is 616. The zero-order valence-electron chi connectivity index (χ0n) is 13.2. The highest BCUT2D eigenvalue weighted by molar-refractivity contribution is 6.07. The van der Waals surface area contributed by atoms with E-state index in [1.165, 1.54) is 18.0 Å². The van der Waals surface area contributed by atoms with Crippen LogP contribution in [0.5, 0.6) is 0 Å². The molecule has 0 saturated heterocycles. The maximum Gasteiger partial charge on any atom is 0.471 e. The molecule has 7 heteroatoms. The minimum atomic E-state index is -4.99. The normalized spacial score (nSPS) is 20.1. The van der Waals surface area contributed by atoms with E-state index in [0.717, 1.165) is 0 Å². The Labute approximate surface area is 132 Å². The summed E-state index contributed by atoms with van der Waals surface area (Å²) in [6.45, 7) is 3.40. The average molecular weight is 328 g/mol. The molecule has 0 aliphatic carbocycles. The van der Waals surface area contributed by atoms with Gasteiger partial charge in [-0.15, -0.1) is 0 Å². The third-order valence-electron chi connectivity index (χ3n) is 4.38. The van der Waals surface area contributed by atoms with E-state index in [-0.39, 0.29) is 24.1 Å². The van der Waals surface area contributed by atoms with E-state index >= 15 is 0 Å². The molecular formula is C16H19F3N2O2. The van der Waals surface area contributed by atoms with Crippen molar-refractivity contribution < 1.29 is 22.8 Å². The molecule has 1 aromatic rings. The monoisotopic (exact) mass is 328 g/mol. The van der Waals surface area contributed by atoms with Crippen molar-refractivity contribution in [2.24, 2.45) is 11.8 Å². The maximum absolute atomic E-state index is 13.0. The van der Waals surface area contributed by atoms with Crippen LogP contribution in [0.3, 0.4) is 0 Å². The first-order chi connectivity index (χ1) is 10.7. The number of amides is 2. The van der Waals surface area contributed by atoms with Gasteiger partial charge >= 0.3 is 12.1 Å². The van der Waals surface area contributed by atoms with E-state index in [1.54, 1.807) is 18.2 Å². The maximum atomic E-state index is 13.0. The fourth-order valence-corrected chi connectivity index (χ4v) is 2.77. The first-order valence-electron chi connectivity index (χ1n) is 7.43. The molecule has 4 nitrogen and oxygen atoms in total. The summed E-state index contributed by atoms with van der Waals surface area (Å²) in [6, 6.07) is 6.16. The zero-order valence-corrected chi connectivity index (χ0v) is 13.2. The molecule has 0 aromatic heterocycles. The summed E-state index contributed by atoms with van der Waals surface area (Å²) in [5.74, 6) is -3.03. The minimum absolute atomic E-state index is 0.108. The van der Waals surface area contributed by atoms with Gasteiger partial charge in [-0.25, -0.2) is 0 Å². The highest BCUT2D eigenvalue weighted by Gasteiger charge is 2.46. The lowest BCUT2D eigenvalue weighted by molar-refractivity contribution is -0.170. The van der Waals surface area contributed by atoms with Crippen molar-refractivity contribution in [2.45, 2.75) is 26.4 Å². The minimum Gasteiger partial charge on any atom is -0.313 e. The van der Waals surface area contributed by atoms with Crippen LogP contribution in [0.4, 0.5) is 24.5 Å². The highest BCUT2D eigenvalue weighted by Crippen LogP contribution is 2.37. The first kappa shape index (κ1) is 17.3. The number of carbonyl (C=O) groups is 2. The molecule has 1 aliphatic rings. The molecule has 0 N–H and O–H groups in total. The van der Waals surface area contributed by atoms with Gasteiger partial charge in [0.2, 0.25) is 5.91 Å². The summed E-state index contributed by atoms with van der Waals surface area (Å²) < 4.78 is 38.9. The number of rotatable bonds is 2. The number of nitrogens with zero attached hydrogens (tertiary/aromatic N) is 2. The van der Waals surface area contributed by atoms with E-state index in [2.05, 4.69) is 0 Å². The Morgan fingerprint density at radius 2 is 1.87 bits per heavy atom. The van der Waals surface area contributed by atoms with Crippen LogP contribution in [-0.4, -0.2) is 31.6 Å². The van der Waals surface area contributed by atoms with Crippen molar-refractivity contribution in [1.29, 1.82) is 0 Å². The Kier molecular flexibility index (Phi) is 4.68. The van der Waals surface area contributed by atoms with Crippen LogP contribution < -0.4 is 9.80 Å². The molecule has 1 aromatic carbocycles. The summed E-state index contributed by atoms with van der Waals surface area (Å²) in [4.78, 5) is 26.5. The van der Waals surface area contributed by atoms with Crippen LogP contribution in [0.1, 0.15) is 20.3 Å². The first-order valence-corrected chi connectivity index (χ1v) is 7.43. The second-order valence-electron chi connectivity index (χ2n) is 5.79. The van der Waals surface area contributed by atoms with E-state index in [4.69, 9.17) is 0 Å². The van der Waals surface area contributed by atoms with Gasteiger partial charge in [0.25, 0.3) is 0 Å². The molecule has 0 bridgehead atoms. The van der Waals surface area contributed by atoms with Gasteiger partial charge in [-0.1, -0.05) is 32.4 Å². The standard InChI is InChI=1S/C16H19F3N2O2/c1-4-10(2)11-9-21(15(23)16(17,18)19)13-8-6-5-7-12(13)20(3)14(11)22/h5-8,10-11H,4,9H2,1-3H3/t10?,11-/m1/s1. The fraction of sp³-hybridized carbons (Fsp3) is 0.500. The smallest absolute Gasteiger partial charge is 0.313 e. The summed E-state index contributed by atoms with van der Waals surface area (Å²) >= 11 is 0. The summed E-state index contributed by atoms with van der Waals surface area (Å²) in [7, 11) is 1.53. The van der Waals surface area contributed by atoms with Gasteiger partial charge in [0.1, 0.15) is 0 Å². The average Bonchev–Trinajstić information content (AvgIpc) is 2.62. The van der Waals surface area contributed by atoms with Crippen molar-refractivity contribution in [3.05, 3.63) is 24.3 Å². The predicted octanol–water partition coefficient (Wildman–Crippen LogP) is 3.22. The molecule has 2 atom stereocenters.